The quantitative estimate of drug-likeness (QED) is 0.855. The number of methoxy groups -OCH3 is 2. The SMILES string of the molecule is COc1ccc(NC(=O)C[n+]2ccccc2C)c(OC)c1. The molecule has 2 rings (SSSR count). The monoisotopic (exact) mass is 287 g/mol. The molecule has 1 N–H and O–H groups in total. The summed E-state index contributed by atoms with van der Waals surface area (Å²) in [6.45, 7) is 2.21. The van der Waals surface area contributed by atoms with Gasteiger partial charge in [0.1, 0.15) is 11.5 Å². The van der Waals surface area contributed by atoms with Crippen molar-refractivity contribution in [2.24, 2.45) is 0 Å². The van der Waals surface area contributed by atoms with E-state index in [0.29, 0.717) is 17.2 Å². The third kappa shape index (κ3) is 3.72. The van der Waals surface area contributed by atoms with Gasteiger partial charge in [0.15, 0.2) is 11.9 Å². The Morgan fingerprint density at radius 3 is 2.67 bits per heavy atom. The van der Waals surface area contributed by atoms with Crippen molar-refractivity contribution < 1.29 is 18.8 Å². The molecule has 1 heterocycles. The van der Waals surface area contributed by atoms with Crippen molar-refractivity contribution in [3.05, 3.63) is 48.3 Å². The zero-order chi connectivity index (χ0) is 15.2. The van der Waals surface area contributed by atoms with Crippen molar-refractivity contribution in [2.45, 2.75) is 13.5 Å². The molecular weight excluding hydrogens is 268 g/mol. The highest BCUT2D eigenvalue weighted by molar-refractivity contribution is 5.91. The number of hydrogen-bond acceptors (Lipinski definition) is 3. The lowest BCUT2D eigenvalue weighted by Gasteiger charge is -2.10. The molecule has 110 valence electrons. The molecule has 0 saturated heterocycles. The minimum atomic E-state index is -0.113. The van der Waals surface area contributed by atoms with Crippen LogP contribution < -0.4 is 19.4 Å². The Morgan fingerprint density at radius 1 is 1.19 bits per heavy atom. The van der Waals surface area contributed by atoms with Crippen molar-refractivity contribution in [1.29, 1.82) is 0 Å². The van der Waals surface area contributed by atoms with Gasteiger partial charge < -0.3 is 14.8 Å². The fourth-order valence-corrected chi connectivity index (χ4v) is 1.99. The highest BCUT2D eigenvalue weighted by Gasteiger charge is 2.14. The van der Waals surface area contributed by atoms with Gasteiger partial charge in [-0.1, -0.05) is 6.07 Å². The molecule has 0 radical (unpaired) electrons. The molecule has 1 aromatic heterocycles. The molecule has 0 atom stereocenters. The number of carbonyl (C=O) groups is 1. The maximum absolute atomic E-state index is 12.1. The topological polar surface area (TPSA) is 51.4 Å². The molecule has 0 unspecified atom stereocenters. The van der Waals surface area contributed by atoms with Gasteiger partial charge in [-0.3, -0.25) is 4.79 Å². The van der Waals surface area contributed by atoms with Gasteiger partial charge in [0.25, 0.3) is 5.91 Å². The molecule has 0 bridgehead atoms. The van der Waals surface area contributed by atoms with Gasteiger partial charge in [-0.2, -0.15) is 4.57 Å². The Balaban J connectivity index is 2.11. The second kappa shape index (κ2) is 6.74. The number of amides is 1. The Labute approximate surface area is 124 Å². The first-order valence-corrected chi connectivity index (χ1v) is 6.61. The maximum Gasteiger partial charge on any atom is 0.290 e. The van der Waals surface area contributed by atoms with E-state index in [4.69, 9.17) is 9.47 Å². The number of pyridine rings is 1. The van der Waals surface area contributed by atoms with Gasteiger partial charge in [-0.15, -0.1) is 0 Å². The number of ether oxygens (including phenoxy) is 2. The summed E-state index contributed by atoms with van der Waals surface area (Å²) in [4.78, 5) is 12.1. The average molecular weight is 287 g/mol. The number of nitrogens with one attached hydrogen (secondary N) is 1. The van der Waals surface area contributed by atoms with Crippen molar-refractivity contribution in [3.8, 4) is 11.5 Å². The van der Waals surface area contributed by atoms with Crippen molar-refractivity contribution >= 4 is 11.6 Å². The molecule has 0 fully saturated rings. The summed E-state index contributed by atoms with van der Waals surface area (Å²) in [6.07, 6.45) is 1.88. The number of carbonyl (C=O) groups excluding carboxylic acids is 1. The zero-order valence-electron chi connectivity index (χ0n) is 12.4. The molecule has 21 heavy (non-hydrogen) atoms. The smallest absolute Gasteiger partial charge is 0.290 e. The lowest BCUT2D eigenvalue weighted by molar-refractivity contribution is -0.690. The summed E-state index contributed by atoms with van der Waals surface area (Å²) in [5.74, 6) is 1.13. The first-order valence-electron chi connectivity index (χ1n) is 6.61. The minimum absolute atomic E-state index is 0.113. The second-order valence-electron chi connectivity index (χ2n) is 4.58. The Bertz CT molecular complexity index is 641. The van der Waals surface area contributed by atoms with Crippen LogP contribution in [0.15, 0.2) is 42.6 Å². The summed E-state index contributed by atoms with van der Waals surface area (Å²) in [5.41, 5.74) is 1.65. The molecule has 5 heteroatoms. The molecule has 1 aromatic carbocycles. The molecule has 0 aliphatic carbocycles. The molecular formula is C16H19N2O3+. The average Bonchev–Trinajstić information content (AvgIpc) is 2.50. The number of aromatic nitrogens is 1. The third-order valence-corrected chi connectivity index (χ3v) is 3.16. The lowest BCUT2D eigenvalue weighted by Crippen LogP contribution is -2.42. The van der Waals surface area contributed by atoms with Crippen LogP contribution in [0.4, 0.5) is 5.69 Å². The molecule has 5 nitrogen and oxygen atoms in total. The maximum atomic E-state index is 12.1. The molecule has 0 aliphatic rings. The molecule has 0 spiro atoms. The normalized spacial score (nSPS) is 10.0. The van der Waals surface area contributed by atoms with E-state index in [1.54, 1.807) is 32.4 Å². The molecule has 1 amide bonds. The minimum Gasteiger partial charge on any atom is -0.497 e. The van der Waals surface area contributed by atoms with Gasteiger partial charge in [0.2, 0.25) is 6.54 Å². The summed E-state index contributed by atoms with van der Waals surface area (Å²) in [7, 11) is 3.14. The van der Waals surface area contributed by atoms with E-state index in [9.17, 15) is 4.79 Å². The lowest BCUT2D eigenvalue weighted by atomic mass is 10.2. The van der Waals surface area contributed by atoms with E-state index < -0.39 is 0 Å². The predicted molar refractivity (Wildman–Crippen MR) is 79.5 cm³/mol. The van der Waals surface area contributed by atoms with Crippen LogP contribution in [0, 0.1) is 6.92 Å². The first kappa shape index (κ1) is 14.8. The van der Waals surface area contributed by atoms with Crippen LogP contribution in [0.5, 0.6) is 11.5 Å². The van der Waals surface area contributed by atoms with Crippen LogP contribution in [-0.4, -0.2) is 20.1 Å². The van der Waals surface area contributed by atoms with Crippen LogP contribution in [0.2, 0.25) is 0 Å². The van der Waals surface area contributed by atoms with Crippen LogP contribution in [-0.2, 0) is 11.3 Å². The summed E-state index contributed by atoms with van der Waals surface area (Å²) < 4.78 is 12.3. The standard InChI is InChI=1S/C16H18N2O3/c1-12-6-4-5-9-18(12)11-16(19)17-14-8-7-13(20-2)10-15(14)21-3/h4-10H,11H2,1-3H3/p+1. The Hall–Kier alpha value is -2.56. The van der Waals surface area contributed by atoms with Gasteiger partial charge in [0.05, 0.1) is 19.9 Å². The molecule has 0 aliphatic heterocycles. The fourth-order valence-electron chi connectivity index (χ4n) is 1.99. The fraction of sp³-hybridized carbons (Fsp3) is 0.250. The van der Waals surface area contributed by atoms with Crippen molar-refractivity contribution in [3.63, 3.8) is 0 Å². The number of benzene rings is 1. The highest BCUT2D eigenvalue weighted by Crippen LogP contribution is 2.28. The van der Waals surface area contributed by atoms with Gasteiger partial charge >= 0.3 is 0 Å². The number of aryl methyl sites for hydroxylation is 1. The zero-order valence-corrected chi connectivity index (χ0v) is 12.4. The number of anilines is 1. The predicted octanol–water partition coefficient (Wildman–Crippen LogP) is 1.94. The summed E-state index contributed by atoms with van der Waals surface area (Å²) in [6, 6.07) is 11.1. The first-order chi connectivity index (χ1) is 10.1. The van der Waals surface area contributed by atoms with Crippen LogP contribution >= 0.6 is 0 Å². The van der Waals surface area contributed by atoms with Gasteiger partial charge in [-0.05, 0) is 12.1 Å². The van der Waals surface area contributed by atoms with E-state index in [1.807, 2.05) is 35.9 Å². The number of hydrogen-bond donors (Lipinski definition) is 1. The number of rotatable bonds is 5. The van der Waals surface area contributed by atoms with E-state index in [2.05, 4.69) is 5.32 Å². The molecule has 2 aromatic rings. The summed E-state index contributed by atoms with van der Waals surface area (Å²) >= 11 is 0. The van der Waals surface area contributed by atoms with Gasteiger partial charge in [0, 0.05) is 25.1 Å². The van der Waals surface area contributed by atoms with E-state index in [-0.39, 0.29) is 12.5 Å². The highest BCUT2D eigenvalue weighted by atomic mass is 16.5. The summed E-state index contributed by atoms with van der Waals surface area (Å²) in [5, 5.41) is 2.85. The van der Waals surface area contributed by atoms with Crippen LogP contribution in [0.3, 0.4) is 0 Å². The Kier molecular flexibility index (Phi) is 4.77. The number of nitrogens with zero attached hydrogens (tertiary/aromatic N) is 1. The molecule has 0 saturated carbocycles. The van der Waals surface area contributed by atoms with Crippen LogP contribution in [0.25, 0.3) is 0 Å². The Morgan fingerprint density at radius 2 is 2.00 bits per heavy atom. The second-order valence-corrected chi connectivity index (χ2v) is 4.58. The largest absolute Gasteiger partial charge is 0.497 e. The third-order valence-electron chi connectivity index (χ3n) is 3.16. The van der Waals surface area contributed by atoms with E-state index in [1.165, 1.54) is 0 Å². The van der Waals surface area contributed by atoms with E-state index >= 15 is 0 Å². The van der Waals surface area contributed by atoms with Gasteiger partial charge in [-0.25, -0.2) is 0 Å². The van der Waals surface area contributed by atoms with Crippen molar-refractivity contribution in [1.82, 2.24) is 0 Å². The van der Waals surface area contributed by atoms with E-state index in [0.717, 1.165) is 5.69 Å². The van der Waals surface area contributed by atoms with Crippen LogP contribution in [0.1, 0.15) is 5.69 Å². The van der Waals surface area contributed by atoms with Crippen molar-refractivity contribution in [2.75, 3.05) is 19.5 Å².